The van der Waals surface area contributed by atoms with Crippen molar-refractivity contribution in [2.75, 3.05) is 26.2 Å². The number of hydrogen-bond acceptors (Lipinski definition) is 4. The van der Waals surface area contributed by atoms with Gasteiger partial charge >= 0.3 is 0 Å². The Balaban J connectivity index is 1.21. The van der Waals surface area contributed by atoms with E-state index in [9.17, 15) is 9.59 Å². The molecule has 6 nitrogen and oxygen atoms in total. The molecule has 0 spiro atoms. The average Bonchev–Trinajstić information content (AvgIpc) is 2.81. The van der Waals surface area contributed by atoms with Gasteiger partial charge in [-0.1, -0.05) is 60.7 Å². The molecule has 2 heterocycles. The standard InChI is InChI=1S/C25H31N3O3/c29-22-18-31-24(23(27-22)21-9-5-2-6-10-21)25(30)26-14-11-19-12-15-28(16-13-19)17-20-7-3-1-4-8-20/h1-10,19,23-24H,11-18H2,(H,26,30)(H,27,29)/t23-,24+/m0/s1. The van der Waals surface area contributed by atoms with Crippen molar-refractivity contribution in [2.45, 2.75) is 38.0 Å². The number of benzene rings is 2. The number of rotatable bonds is 7. The molecule has 2 saturated heterocycles. The first kappa shape index (κ1) is 21.5. The quantitative estimate of drug-likeness (QED) is 0.721. The molecule has 4 rings (SSSR count). The number of nitrogens with zero attached hydrogens (tertiary/aromatic N) is 1. The number of carbonyl (C=O) groups is 2. The molecule has 164 valence electrons. The first-order valence-electron chi connectivity index (χ1n) is 11.2. The van der Waals surface area contributed by atoms with E-state index in [-0.39, 0.29) is 18.4 Å². The number of morpholine rings is 1. The lowest BCUT2D eigenvalue weighted by atomic mass is 9.93. The molecule has 2 N–H and O–H groups in total. The Bertz CT molecular complexity index is 851. The molecule has 2 aromatic carbocycles. The van der Waals surface area contributed by atoms with Crippen molar-refractivity contribution in [3.8, 4) is 0 Å². The van der Waals surface area contributed by atoms with Crippen molar-refractivity contribution in [1.29, 1.82) is 0 Å². The van der Waals surface area contributed by atoms with Crippen LogP contribution in [-0.4, -0.2) is 49.1 Å². The summed E-state index contributed by atoms with van der Waals surface area (Å²) in [5.41, 5.74) is 2.24. The highest BCUT2D eigenvalue weighted by molar-refractivity contribution is 5.86. The van der Waals surface area contributed by atoms with Crippen molar-refractivity contribution in [3.05, 3.63) is 71.8 Å². The Morgan fingerprint density at radius 3 is 2.42 bits per heavy atom. The third-order valence-corrected chi connectivity index (χ3v) is 6.24. The van der Waals surface area contributed by atoms with Gasteiger partial charge in [0.15, 0.2) is 6.10 Å². The molecule has 2 amide bonds. The molecule has 2 fully saturated rings. The van der Waals surface area contributed by atoms with Crippen LogP contribution in [0.4, 0.5) is 0 Å². The zero-order valence-electron chi connectivity index (χ0n) is 17.8. The second-order valence-electron chi connectivity index (χ2n) is 8.47. The largest absolute Gasteiger partial charge is 0.356 e. The first-order valence-corrected chi connectivity index (χ1v) is 11.2. The van der Waals surface area contributed by atoms with Gasteiger partial charge in [-0.2, -0.15) is 0 Å². The Morgan fingerprint density at radius 1 is 1.03 bits per heavy atom. The number of carbonyl (C=O) groups excluding carboxylic acids is 2. The van der Waals surface area contributed by atoms with Crippen molar-refractivity contribution in [3.63, 3.8) is 0 Å². The van der Waals surface area contributed by atoms with E-state index < -0.39 is 12.1 Å². The topological polar surface area (TPSA) is 70.7 Å². The highest BCUT2D eigenvalue weighted by atomic mass is 16.5. The molecule has 0 saturated carbocycles. The van der Waals surface area contributed by atoms with Gasteiger partial charge in [-0.25, -0.2) is 0 Å². The van der Waals surface area contributed by atoms with Crippen LogP contribution in [0.5, 0.6) is 0 Å². The minimum Gasteiger partial charge on any atom is -0.356 e. The summed E-state index contributed by atoms with van der Waals surface area (Å²) in [5.74, 6) is 0.278. The fraction of sp³-hybridized carbons (Fsp3) is 0.440. The van der Waals surface area contributed by atoms with E-state index in [0.717, 1.165) is 44.5 Å². The second kappa shape index (κ2) is 10.6. The Morgan fingerprint density at radius 2 is 1.71 bits per heavy atom. The van der Waals surface area contributed by atoms with E-state index in [1.807, 2.05) is 30.3 Å². The molecular weight excluding hydrogens is 390 g/mol. The molecular formula is C25H31N3O3. The van der Waals surface area contributed by atoms with Crippen molar-refractivity contribution in [1.82, 2.24) is 15.5 Å². The monoisotopic (exact) mass is 421 g/mol. The van der Waals surface area contributed by atoms with Crippen LogP contribution < -0.4 is 10.6 Å². The maximum absolute atomic E-state index is 12.8. The zero-order valence-corrected chi connectivity index (χ0v) is 17.8. The molecule has 0 aromatic heterocycles. The number of nitrogens with one attached hydrogen (secondary N) is 2. The number of ether oxygens (including phenoxy) is 1. The molecule has 2 aliphatic heterocycles. The van der Waals surface area contributed by atoms with Crippen LogP contribution in [0.3, 0.4) is 0 Å². The number of hydrogen-bond donors (Lipinski definition) is 2. The van der Waals surface area contributed by atoms with Gasteiger partial charge in [-0.15, -0.1) is 0 Å². The lowest BCUT2D eigenvalue weighted by Gasteiger charge is -2.33. The van der Waals surface area contributed by atoms with Crippen LogP contribution in [0.2, 0.25) is 0 Å². The zero-order chi connectivity index (χ0) is 21.5. The van der Waals surface area contributed by atoms with Gasteiger partial charge in [-0.3, -0.25) is 14.5 Å². The van der Waals surface area contributed by atoms with Gasteiger partial charge in [0.1, 0.15) is 6.61 Å². The Kier molecular flexibility index (Phi) is 7.33. The number of amides is 2. The molecule has 6 heteroatoms. The summed E-state index contributed by atoms with van der Waals surface area (Å²) in [6.45, 7) is 3.76. The van der Waals surface area contributed by atoms with Crippen LogP contribution in [0.1, 0.15) is 36.4 Å². The summed E-state index contributed by atoms with van der Waals surface area (Å²) in [5, 5.41) is 5.93. The van der Waals surface area contributed by atoms with Gasteiger partial charge in [0.2, 0.25) is 5.91 Å². The lowest BCUT2D eigenvalue weighted by Crippen LogP contribution is -2.52. The van der Waals surface area contributed by atoms with E-state index in [1.165, 1.54) is 5.56 Å². The van der Waals surface area contributed by atoms with Crippen LogP contribution in [0.25, 0.3) is 0 Å². The average molecular weight is 422 g/mol. The first-order chi connectivity index (χ1) is 15.2. The molecule has 0 aliphatic carbocycles. The second-order valence-corrected chi connectivity index (χ2v) is 8.47. The number of likely N-dealkylation sites (tertiary alicyclic amines) is 1. The van der Waals surface area contributed by atoms with Crippen molar-refractivity contribution < 1.29 is 14.3 Å². The minimum absolute atomic E-state index is 0.0820. The van der Waals surface area contributed by atoms with Crippen molar-refractivity contribution in [2.24, 2.45) is 5.92 Å². The molecule has 0 radical (unpaired) electrons. The summed E-state index contributed by atoms with van der Waals surface area (Å²) < 4.78 is 5.60. The third-order valence-electron chi connectivity index (χ3n) is 6.24. The van der Waals surface area contributed by atoms with Crippen molar-refractivity contribution >= 4 is 11.8 Å². The Labute approximate surface area is 184 Å². The number of piperidine rings is 1. The highest BCUT2D eigenvalue weighted by Crippen LogP contribution is 2.24. The van der Waals surface area contributed by atoms with Gasteiger partial charge in [-0.05, 0) is 49.4 Å². The molecule has 2 atom stereocenters. The molecule has 0 bridgehead atoms. The predicted octanol–water partition coefficient (Wildman–Crippen LogP) is 2.66. The van der Waals surface area contributed by atoms with E-state index in [4.69, 9.17) is 4.74 Å². The predicted molar refractivity (Wildman–Crippen MR) is 119 cm³/mol. The fourth-order valence-corrected chi connectivity index (χ4v) is 4.47. The molecule has 2 aliphatic rings. The molecule has 2 aromatic rings. The van der Waals surface area contributed by atoms with Crippen LogP contribution in [-0.2, 0) is 20.9 Å². The molecule has 31 heavy (non-hydrogen) atoms. The summed E-state index contributed by atoms with van der Waals surface area (Å²) >= 11 is 0. The van der Waals surface area contributed by atoms with Gasteiger partial charge < -0.3 is 15.4 Å². The highest BCUT2D eigenvalue weighted by Gasteiger charge is 2.35. The van der Waals surface area contributed by atoms with E-state index in [1.54, 1.807) is 0 Å². The van der Waals surface area contributed by atoms with E-state index in [0.29, 0.717) is 12.5 Å². The maximum Gasteiger partial charge on any atom is 0.251 e. The van der Waals surface area contributed by atoms with Crippen LogP contribution >= 0.6 is 0 Å². The fourth-order valence-electron chi connectivity index (χ4n) is 4.47. The lowest BCUT2D eigenvalue weighted by molar-refractivity contribution is -0.148. The molecule has 0 unspecified atom stereocenters. The third kappa shape index (κ3) is 5.93. The SMILES string of the molecule is O=C1CO[C@@H](C(=O)NCCC2CCN(Cc3ccccc3)CC2)[C@H](c2ccccc2)N1. The summed E-state index contributed by atoms with van der Waals surface area (Å²) in [6.07, 6.45) is 2.59. The van der Waals surface area contributed by atoms with Gasteiger partial charge in [0, 0.05) is 13.1 Å². The summed E-state index contributed by atoms with van der Waals surface area (Å²) in [6, 6.07) is 19.7. The minimum atomic E-state index is -0.701. The maximum atomic E-state index is 12.8. The van der Waals surface area contributed by atoms with Gasteiger partial charge in [0.25, 0.3) is 5.91 Å². The van der Waals surface area contributed by atoms with E-state index in [2.05, 4.69) is 45.9 Å². The smallest absolute Gasteiger partial charge is 0.251 e. The Hall–Kier alpha value is -2.70. The normalized spacial score (nSPS) is 22.6. The van der Waals surface area contributed by atoms with Gasteiger partial charge in [0.05, 0.1) is 6.04 Å². The summed E-state index contributed by atoms with van der Waals surface area (Å²) in [4.78, 5) is 27.1. The van der Waals surface area contributed by atoms with Crippen LogP contribution in [0, 0.1) is 5.92 Å². The van der Waals surface area contributed by atoms with E-state index >= 15 is 0 Å². The van der Waals surface area contributed by atoms with Crippen LogP contribution in [0.15, 0.2) is 60.7 Å². The summed E-state index contributed by atoms with van der Waals surface area (Å²) in [7, 11) is 0.